The van der Waals surface area contributed by atoms with E-state index in [9.17, 15) is 4.79 Å². The third kappa shape index (κ3) is 5.60. The number of amides is 1. The zero-order chi connectivity index (χ0) is 12.5. The number of rotatable bonds is 7. The molecule has 0 spiro atoms. The van der Waals surface area contributed by atoms with Gasteiger partial charge in [-0.2, -0.15) is 12.6 Å². The Balaban J connectivity index is 2.36. The third-order valence-corrected chi connectivity index (χ3v) is 2.27. The maximum Gasteiger partial charge on any atom is 0.234 e. The molecule has 1 rings (SSSR count). The SMILES string of the molecule is CCOCCOc1ccc(NC(=O)CS)cc1. The van der Waals surface area contributed by atoms with Crippen LogP contribution in [0.25, 0.3) is 0 Å². The highest BCUT2D eigenvalue weighted by molar-refractivity contribution is 7.81. The van der Waals surface area contributed by atoms with Crippen LogP contribution in [0.4, 0.5) is 5.69 Å². The summed E-state index contributed by atoms with van der Waals surface area (Å²) in [6, 6.07) is 7.19. The van der Waals surface area contributed by atoms with E-state index in [1.807, 2.05) is 6.92 Å². The van der Waals surface area contributed by atoms with Crippen LogP contribution >= 0.6 is 12.6 Å². The topological polar surface area (TPSA) is 47.6 Å². The Morgan fingerprint density at radius 1 is 1.29 bits per heavy atom. The summed E-state index contributed by atoms with van der Waals surface area (Å²) in [6.45, 7) is 3.74. The van der Waals surface area contributed by atoms with Crippen LogP contribution in [0.5, 0.6) is 5.75 Å². The molecular formula is C12H17NO3S. The Kier molecular flexibility index (Phi) is 6.50. The van der Waals surface area contributed by atoms with Crippen molar-refractivity contribution in [2.24, 2.45) is 0 Å². The zero-order valence-corrected chi connectivity index (χ0v) is 10.7. The number of anilines is 1. The molecule has 0 saturated carbocycles. The van der Waals surface area contributed by atoms with Gasteiger partial charge in [0.15, 0.2) is 0 Å². The Morgan fingerprint density at radius 2 is 2.00 bits per heavy atom. The van der Waals surface area contributed by atoms with Crippen molar-refractivity contribution in [3.05, 3.63) is 24.3 Å². The van der Waals surface area contributed by atoms with Crippen LogP contribution < -0.4 is 10.1 Å². The maximum atomic E-state index is 11.1. The van der Waals surface area contributed by atoms with Crippen molar-refractivity contribution in [1.29, 1.82) is 0 Å². The molecule has 0 unspecified atom stereocenters. The van der Waals surface area contributed by atoms with E-state index in [1.54, 1.807) is 24.3 Å². The summed E-state index contributed by atoms with van der Waals surface area (Å²) in [5, 5.41) is 2.70. The summed E-state index contributed by atoms with van der Waals surface area (Å²) < 4.78 is 10.6. The number of hydrogen-bond acceptors (Lipinski definition) is 4. The number of nitrogens with one attached hydrogen (secondary N) is 1. The molecule has 4 nitrogen and oxygen atoms in total. The monoisotopic (exact) mass is 255 g/mol. The number of hydrogen-bond donors (Lipinski definition) is 2. The number of carbonyl (C=O) groups is 1. The zero-order valence-electron chi connectivity index (χ0n) is 9.81. The highest BCUT2D eigenvalue weighted by Gasteiger charge is 1.99. The Morgan fingerprint density at radius 3 is 2.59 bits per heavy atom. The van der Waals surface area contributed by atoms with Gasteiger partial charge in [0, 0.05) is 12.3 Å². The van der Waals surface area contributed by atoms with Gasteiger partial charge in [0.1, 0.15) is 12.4 Å². The molecule has 0 heterocycles. The van der Waals surface area contributed by atoms with Crippen LogP contribution in [0.1, 0.15) is 6.92 Å². The van der Waals surface area contributed by atoms with Crippen molar-refractivity contribution in [2.75, 3.05) is 30.9 Å². The van der Waals surface area contributed by atoms with Gasteiger partial charge in [-0.25, -0.2) is 0 Å². The second-order valence-electron chi connectivity index (χ2n) is 3.28. The second-order valence-corrected chi connectivity index (χ2v) is 3.59. The Labute approximate surface area is 107 Å². The van der Waals surface area contributed by atoms with Crippen molar-refractivity contribution < 1.29 is 14.3 Å². The van der Waals surface area contributed by atoms with Gasteiger partial charge in [-0.15, -0.1) is 0 Å². The van der Waals surface area contributed by atoms with Crippen molar-refractivity contribution in [2.45, 2.75) is 6.92 Å². The van der Waals surface area contributed by atoms with Crippen molar-refractivity contribution >= 4 is 24.2 Å². The first kappa shape index (κ1) is 13.9. The fourth-order valence-corrected chi connectivity index (χ4v) is 1.28. The average molecular weight is 255 g/mol. The van der Waals surface area contributed by atoms with Crippen LogP contribution in [0.15, 0.2) is 24.3 Å². The van der Waals surface area contributed by atoms with Gasteiger partial charge < -0.3 is 14.8 Å². The highest BCUT2D eigenvalue weighted by Crippen LogP contribution is 2.15. The third-order valence-electron chi connectivity index (χ3n) is 1.98. The molecule has 0 fully saturated rings. The van der Waals surface area contributed by atoms with Gasteiger partial charge >= 0.3 is 0 Å². The minimum Gasteiger partial charge on any atom is -0.491 e. The first-order valence-electron chi connectivity index (χ1n) is 5.47. The van der Waals surface area contributed by atoms with Gasteiger partial charge in [0.2, 0.25) is 5.91 Å². The van der Waals surface area contributed by atoms with E-state index in [1.165, 1.54) is 0 Å². The molecule has 17 heavy (non-hydrogen) atoms. The van der Waals surface area contributed by atoms with E-state index in [4.69, 9.17) is 9.47 Å². The van der Waals surface area contributed by atoms with E-state index in [-0.39, 0.29) is 11.7 Å². The molecule has 1 aromatic rings. The predicted octanol–water partition coefficient (Wildman–Crippen LogP) is 1.97. The fourth-order valence-electron chi connectivity index (χ4n) is 1.20. The summed E-state index contributed by atoms with van der Waals surface area (Å²) in [6.07, 6.45) is 0. The minimum atomic E-state index is -0.127. The van der Waals surface area contributed by atoms with Crippen LogP contribution in [0.3, 0.4) is 0 Å². The van der Waals surface area contributed by atoms with Crippen molar-refractivity contribution in [1.82, 2.24) is 0 Å². The lowest BCUT2D eigenvalue weighted by Gasteiger charge is -2.07. The van der Waals surface area contributed by atoms with Gasteiger partial charge in [-0.3, -0.25) is 4.79 Å². The van der Waals surface area contributed by atoms with Gasteiger partial charge in [0.05, 0.1) is 12.4 Å². The second kappa shape index (κ2) is 7.97. The number of benzene rings is 1. The summed E-state index contributed by atoms with van der Waals surface area (Å²) in [5.74, 6) is 0.805. The number of carbonyl (C=O) groups excluding carboxylic acids is 1. The molecular weight excluding hydrogens is 238 g/mol. The summed E-state index contributed by atoms with van der Waals surface area (Å²) >= 11 is 3.88. The van der Waals surface area contributed by atoms with E-state index in [2.05, 4.69) is 17.9 Å². The standard InChI is InChI=1S/C12H17NO3S/c1-2-15-7-8-16-11-5-3-10(4-6-11)13-12(14)9-17/h3-6,17H,2,7-9H2,1H3,(H,13,14). The molecule has 1 N–H and O–H groups in total. The van der Waals surface area contributed by atoms with Crippen LogP contribution in [0.2, 0.25) is 0 Å². The number of thiol groups is 1. The normalized spacial score (nSPS) is 10.0. The molecule has 1 aromatic carbocycles. The largest absolute Gasteiger partial charge is 0.491 e. The molecule has 0 atom stereocenters. The lowest BCUT2D eigenvalue weighted by Crippen LogP contribution is -2.12. The number of ether oxygens (including phenoxy) is 2. The highest BCUT2D eigenvalue weighted by atomic mass is 32.1. The summed E-state index contributed by atoms with van der Waals surface area (Å²) in [4.78, 5) is 11.1. The van der Waals surface area contributed by atoms with Gasteiger partial charge in [0.25, 0.3) is 0 Å². The molecule has 0 aromatic heterocycles. The van der Waals surface area contributed by atoms with Crippen LogP contribution in [-0.4, -0.2) is 31.5 Å². The lowest BCUT2D eigenvalue weighted by atomic mass is 10.3. The first-order chi connectivity index (χ1) is 8.26. The van der Waals surface area contributed by atoms with E-state index < -0.39 is 0 Å². The molecule has 94 valence electrons. The van der Waals surface area contributed by atoms with Crippen LogP contribution in [-0.2, 0) is 9.53 Å². The first-order valence-corrected chi connectivity index (χ1v) is 6.10. The van der Waals surface area contributed by atoms with E-state index >= 15 is 0 Å². The van der Waals surface area contributed by atoms with E-state index in [0.717, 1.165) is 11.4 Å². The lowest BCUT2D eigenvalue weighted by molar-refractivity contribution is -0.113. The molecule has 0 saturated heterocycles. The molecule has 1 amide bonds. The maximum absolute atomic E-state index is 11.1. The quantitative estimate of drug-likeness (QED) is 0.578. The molecule has 0 radical (unpaired) electrons. The van der Waals surface area contributed by atoms with Crippen molar-refractivity contribution in [3.63, 3.8) is 0 Å². The Bertz CT molecular complexity index is 340. The average Bonchev–Trinajstić information content (AvgIpc) is 2.36. The Hall–Kier alpha value is -1.20. The van der Waals surface area contributed by atoms with Crippen LogP contribution in [0, 0.1) is 0 Å². The van der Waals surface area contributed by atoms with E-state index in [0.29, 0.717) is 19.8 Å². The fraction of sp³-hybridized carbons (Fsp3) is 0.417. The predicted molar refractivity (Wildman–Crippen MR) is 70.9 cm³/mol. The molecule has 0 aliphatic rings. The summed E-state index contributed by atoms with van der Waals surface area (Å²) in [7, 11) is 0. The molecule has 0 aliphatic carbocycles. The summed E-state index contributed by atoms with van der Waals surface area (Å²) in [5.41, 5.74) is 0.737. The molecule has 0 bridgehead atoms. The molecule has 0 aliphatic heterocycles. The minimum absolute atomic E-state index is 0.127. The van der Waals surface area contributed by atoms with Gasteiger partial charge in [-0.05, 0) is 31.2 Å². The smallest absolute Gasteiger partial charge is 0.234 e. The van der Waals surface area contributed by atoms with Crippen molar-refractivity contribution in [3.8, 4) is 5.75 Å². The van der Waals surface area contributed by atoms with Gasteiger partial charge in [-0.1, -0.05) is 0 Å². The molecule has 5 heteroatoms.